The van der Waals surface area contributed by atoms with E-state index in [2.05, 4.69) is 0 Å². The molecular formula is C16H22N2O3. The lowest BCUT2D eigenvalue weighted by atomic mass is 9.98. The van der Waals surface area contributed by atoms with Gasteiger partial charge in [0.05, 0.1) is 0 Å². The van der Waals surface area contributed by atoms with Crippen molar-refractivity contribution < 1.29 is 14.7 Å². The molecule has 0 radical (unpaired) electrons. The predicted octanol–water partition coefficient (Wildman–Crippen LogP) is 1.93. The van der Waals surface area contributed by atoms with Crippen molar-refractivity contribution in [3.63, 3.8) is 0 Å². The van der Waals surface area contributed by atoms with Gasteiger partial charge in [0, 0.05) is 19.0 Å². The third-order valence-corrected chi connectivity index (χ3v) is 4.30. The number of benzene rings is 1. The molecule has 1 fully saturated rings. The van der Waals surface area contributed by atoms with Crippen molar-refractivity contribution in [3.8, 4) is 0 Å². The fraction of sp³-hybridized carbons (Fsp3) is 0.500. The molecule has 3 N–H and O–H groups in total. The molecule has 1 heterocycles. The van der Waals surface area contributed by atoms with E-state index in [1.54, 1.807) is 6.92 Å². The minimum absolute atomic E-state index is 0.121. The van der Waals surface area contributed by atoms with E-state index in [-0.39, 0.29) is 18.4 Å². The molecule has 2 unspecified atom stereocenters. The number of carbonyl (C=O) groups is 2. The highest BCUT2D eigenvalue weighted by molar-refractivity contribution is 5.87. The van der Waals surface area contributed by atoms with Crippen LogP contribution in [0.1, 0.15) is 44.2 Å². The number of aliphatic carboxylic acids is 1. The number of nitrogens with zero attached hydrogens (tertiary/aromatic N) is 1. The van der Waals surface area contributed by atoms with Crippen LogP contribution in [0.5, 0.6) is 0 Å². The summed E-state index contributed by atoms with van der Waals surface area (Å²) in [5.74, 6) is -1.05. The average molecular weight is 290 g/mol. The number of hydrogen-bond donors (Lipinski definition) is 2. The second-order valence-corrected chi connectivity index (χ2v) is 5.78. The Bertz CT molecular complexity index is 518. The summed E-state index contributed by atoms with van der Waals surface area (Å²) < 4.78 is 0. The number of rotatable bonds is 5. The van der Waals surface area contributed by atoms with E-state index in [9.17, 15) is 14.7 Å². The fourth-order valence-electron chi connectivity index (χ4n) is 2.87. The first-order chi connectivity index (χ1) is 9.95. The summed E-state index contributed by atoms with van der Waals surface area (Å²) in [6.07, 6.45) is 2.05. The summed E-state index contributed by atoms with van der Waals surface area (Å²) >= 11 is 0. The molecule has 0 aliphatic carbocycles. The molecule has 1 aromatic rings. The van der Waals surface area contributed by atoms with Crippen molar-refractivity contribution in [1.29, 1.82) is 0 Å². The molecule has 2 rings (SSSR count). The summed E-state index contributed by atoms with van der Waals surface area (Å²) in [4.78, 5) is 25.2. The van der Waals surface area contributed by atoms with Crippen molar-refractivity contribution in [1.82, 2.24) is 4.90 Å². The Morgan fingerprint density at radius 2 is 2.05 bits per heavy atom. The van der Waals surface area contributed by atoms with Gasteiger partial charge in [-0.3, -0.25) is 4.79 Å². The van der Waals surface area contributed by atoms with E-state index < -0.39 is 11.5 Å². The van der Waals surface area contributed by atoms with Crippen LogP contribution in [0.2, 0.25) is 0 Å². The van der Waals surface area contributed by atoms with Gasteiger partial charge < -0.3 is 15.7 Å². The highest BCUT2D eigenvalue weighted by Gasteiger charge is 2.45. The largest absolute Gasteiger partial charge is 0.480 e. The zero-order valence-electron chi connectivity index (χ0n) is 12.3. The molecule has 1 saturated heterocycles. The number of likely N-dealkylation sites (tertiary alicyclic amines) is 1. The Kier molecular flexibility index (Phi) is 4.63. The van der Waals surface area contributed by atoms with Gasteiger partial charge in [-0.2, -0.15) is 0 Å². The van der Waals surface area contributed by atoms with Crippen LogP contribution in [-0.2, 0) is 9.59 Å². The van der Waals surface area contributed by atoms with Gasteiger partial charge in [-0.05, 0) is 31.7 Å². The van der Waals surface area contributed by atoms with Crippen molar-refractivity contribution in [3.05, 3.63) is 35.9 Å². The summed E-state index contributed by atoms with van der Waals surface area (Å²) in [6.45, 7) is 2.14. The molecule has 1 aliphatic rings. The van der Waals surface area contributed by atoms with Gasteiger partial charge in [0.25, 0.3) is 0 Å². The van der Waals surface area contributed by atoms with Crippen LogP contribution in [0, 0.1) is 0 Å². The van der Waals surface area contributed by atoms with Crippen molar-refractivity contribution >= 4 is 11.9 Å². The van der Waals surface area contributed by atoms with Crippen molar-refractivity contribution in [2.75, 3.05) is 6.54 Å². The lowest BCUT2D eigenvalue weighted by Gasteiger charge is -2.31. The normalized spacial score (nSPS) is 23.0. The zero-order chi connectivity index (χ0) is 15.5. The average Bonchev–Trinajstić information content (AvgIpc) is 2.89. The van der Waals surface area contributed by atoms with Crippen molar-refractivity contribution in [2.45, 2.75) is 44.2 Å². The molecule has 114 valence electrons. The Morgan fingerprint density at radius 1 is 1.38 bits per heavy atom. The Balaban J connectivity index is 1.94. The van der Waals surface area contributed by atoms with E-state index in [1.165, 1.54) is 4.90 Å². The molecule has 0 saturated carbocycles. The lowest BCUT2D eigenvalue weighted by molar-refractivity contribution is -0.155. The minimum atomic E-state index is -1.06. The zero-order valence-corrected chi connectivity index (χ0v) is 12.3. The molecule has 2 atom stereocenters. The Morgan fingerprint density at radius 3 is 2.67 bits per heavy atom. The number of carboxylic acid groups (broad SMARTS) is 1. The molecule has 21 heavy (non-hydrogen) atoms. The maximum absolute atomic E-state index is 12.3. The summed E-state index contributed by atoms with van der Waals surface area (Å²) in [5.41, 5.74) is 6.01. The van der Waals surface area contributed by atoms with Crippen molar-refractivity contribution in [2.24, 2.45) is 5.73 Å². The molecule has 1 amide bonds. The molecule has 0 bridgehead atoms. The second-order valence-electron chi connectivity index (χ2n) is 5.78. The van der Waals surface area contributed by atoms with Crippen LogP contribution in [0.3, 0.4) is 0 Å². The molecule has 1 aliphatic heterocycles. The third-order valence-electron chi connectivity index (χ3n) is 4.30. The smallest absolute Gasteiger partial charge is 0.329 e. The summed E-state index contributed by atoms with van der Waals surface area (Å²) in [7, 11) is 0. The second kappa shape index (κ2) is 6.26. The van der Waals surface area contributed by atoms with Gasteiger partial charge in [0.1, 0.15) is 5.54 Å². The Labute approximate surface area is 124 Å². The molecule has 0 aromatic heterocycles. The number of amides is 1. The van der Waals surface area contributed by atoms with E-state index in [1.807, 2.05) is 30.3 Å². The summed E-state index contributed by atoms with van der Waals surface area (Å²) in [5, 5.41) is 9.33. The van der Waals surface area contributed by atoms with Gasteiger partial charge in [-0.1, -0.05) is 30.3 Å². The van der Waals surface area contributed by atoms with Gasteiger partial charge in [0.2, 0.25) is 5.91 Å². The molecule has 0 spiro atoms. The number of carboxylic acids is 1. The van der Waals surface area contributed by atoms with Crippen LogP contribution in [0.25, 0.3) is 0 Å². The van der Waals surface area contributed by atoms with Crippen LogP contribution in [-0.4, -0.2) is 34.0 Å². The van der Waals surface area contributed by atoms with Gasteiger partial charge in [-0.25, -0.2) is 4.79 Å². The fourth-order valence-corrected chi connectivity index (χ4v) is 2.87. The van der Waals surface area contributed by atoms with Crippen LogP contribution in [0.15, 0.2) is 30.3 Å². The number of carbonyl (C=O) groups excluding carboxylic acids is 1. The predicted molar refractivity (Wildman–Crippen MR) is 79.6 cm³/mol. The standard InChI is InChI=1S/C16H22N2O3/c1-16(15(20)21)10-5-11-18(16)14(19)9-8-13(17)12-6-3-2-4-7-12/h2-4,6-7,13H,5,8-11,17H2,1H3,(H,20,21). The molecular weight excluding hydrogens is 268 g/mol. The monoisotopic (exact) mass is 290 g/mol. The summed E-state index contributed by atoms with van der Waals surface area (Å²) in [6, 6.07) is 9.43. The van der Waals surface area contributed by atoms with Crippen LogP contribution >= 0.6 is 0 Å². The lowest BCUT2D eigenvalue weighted by Crippen LogP contribution is -2.50. The molecule has 5 heteroatoms. The highest BCUT2D eigenvalue weighted by Crippen LogP contribution is 2.30. The first-order valence-electron chi connectivity index (χ1n) is 7.29. The van der Waals surface area contributed by atoms with Gasteiger partial charge in [-0.15, -0.1) is 0 Å². The first-order valence-corrected chi connectivity index (χ1v) is 7.29. The molecule has 5 nitrogen and oxygen atoms in total. The van der Waals surface area contributed by atoms with Crippen LogP contribution in [0.4, 0.5) is 0 Å². The molecule has 1 aromatic carbocycles. The Hall–Kier alpha value is -1.88. The number of hydrogen-bond acceptors (Lipinski definition) is 3. The minimum Gasteiger partial charge on any atom is -0.480 e. The maximum atomic E-state index is 12.3. The van der Waals surface area contributed by atoms with Crippen LogP contribution < -0.4 is 5.73 Å². The SMILES string of the molecule is CC1(C(=O)O)CCCN1C(=O)CCC(N)c1ccccc1. The van der Waals surface area contributed by atoms with E-state index >= 15 is 0 Å². The van der Waals surface area contributed by atoms with Gasteiger partial charge >= 0.3 is 5.97 Å². The van der Waals surface area contributed by atoms with E-state index in [4.69, 9.17) is 5.73 Å². The van der Waals surface area contributed by atoms with Gasteiger partial charge in [0.15, 0.2) is 0 Å². The third kappa shape index (κ3) is 3.24. The first kappa shape index (κ1) is 15.5. The van der Waals surface area contributed by atoms with E-state index in [0.29, 0.717) is 19.4 Å². The highest BCUT2D eigenvalue weighted by atomic mass is 16.4. The maximum Gasteiger partial charge on any atom is 0.329 e. The topological polar surface area (TPSA) is 83.6 Å². The quantitative estimate of drug-likeness (QED) is 0.868. The van der Waals surface area contributed by atoms with E-state index in [0.717, 1.165) is 12.0 Å². The number of nitrogens with two attached hydrogens (primary N) is 1.